The molecule has 0 aliphatic rings. The minimum absolute atomic E-state index is 0. The van der Waals surface area contributed by atoms with Gasteiger partial charge in [-0.3, -0.25) is 0 Å². The van der Waals surface area contributed by atoms with Gasteiger partial charge in [0.15, 0.2) is 0 Å². The Labute approximate surface area is 139 Å². The van der Waals surface area contributed by atoms with Crippen molar-refractivity contribution in [2.24, 2.45) is 5.73 Å². The second kappa shape index (κ2) is 7.04. The van der Waals surface area contributed by atoms with Crippen LogP contribution in [0.25, 0.3) is 22.2 Å². The van der Waals surface area contributed by atoms with E-state index in [-0.39, 0.29) is 18.4 Å². The topological polar surface area (TPSA) is 101 Å². The Morgan fingerprint density at radius 1 is 1.09 bits per heavy atom. The van der Waals surface area contributed by atoms with Crippen LogP contribution in [0, 0.1) is 5.41 Å². The van der Waals surface area contributed by atoms with Crippen molar-refractivity contribution in [3.05, 3.63) is 48.5 Å². The zero-order valence-corrected chi connectivity index (χ0v) is 13.2. The van der Waals surface area contributed by atoms with E-state index in [2.05, 4.69) is 9.97 Å². The summed E-state index contributed by atoms with van der Waals surface area (Å²) < 4.78 is 5.45. The lowest BCUT2D eigenvalue weighted by atomic mass is 10.1. The van der Waals surface area contributed by atoms with Gasteiger partial charge >= 0.3 is 5.95 Å². The fourth-order valence-electron chi connectivity index (χ4n) is 2.35. The summed E-state index contributed by atoms with van der Waals surface area (Å²) in [7, 11) is 1.62. The predicted octanol–water partition coefficient (Wildman–Crippen LogP) is -1.60. The highest BCUT2D eigenvalue weighted by Crippen LogP contribution is 2.33. The Morgan fingerprint density at radius 3 is 2.48 bits per heavy atom. The first-order chi connectivity index (χ1) is 10.7. The Bertz CT molecular complexity index is 838. The first kappa shape index (κ1) is 16.7. The van der Waals surface area contributed by atoms with Crippen LogP contribution in [0.3, 0.4) is 0 Å². The molecule has 0 atom stereocenters. The molecule has 118 valence electrons. The van der Waals surface area contributed by atoms with Crippen molar-refractivity contribution < 1.29 is 22.5 Å². The highest BCUT2D eigenvalue weighted by Gasteiger charge is 2.16. The van der Waals surface area contributed by atoms with Crippen molar-refractivity contribution in [1.82, 2.24) is 9.97 Å². The quantitative estimate of drug-likeness (QED) is 0.398. The number of fused-ring (bicyclic) bond motifs is 1. The Morgan fingerprint density at radius 2 is 1.83 bits per heavy atom. The smallest absolute Gasteiger partial charge is 0.334 e. The standard InChI is InChI=1S/C16H15N5O.ClH/c1-22-12-9-5-8-11-13(12)14(10-6-3-2-4-7-10)20-16(19-11)21-15(17)18;/h2-9H,1H3,(H4,17,18,19,20,21);1H. The lowest BCUT2D eigenvalue weighted by Gasteiger charge is -2.10. The van der Waals surface area contributed by atoms with Crippen LogP contribution in [0.15, 0.2) is 48.5 Å². The van der Waals surface area contributed by atoms with E-state index in [0.717, 1.165) is 22.2 Å². The van der Waals surface area contributed by atoms with Crippen molar-refractivity contribution in [3.63, 3.8) is 0 Å². The minimum atomic E-state index is -0.0822. The van der Waals surface area contributed by atoms with Crippen molar-refractivity contribution in [2.75, 3.05) is 7.11 Å². The highest BCUT2D eigenvalue weighted by molar-refractivity contribution is 5.97. The lowest BCUT2D eigenvalue weighted by Crippen LogP contribution is -3.00. The molecule has 1 aromatic heterocycles. The van der Waals surface area contributed by atoms with Crippen LogP contribution >= 0.6 is 0 Å². The average molecular weight is 330 g/mol. The number of rotatable bonds is 3. The zero-order valence-electron chi connectivity index (χ0n) is 12.5. The molecule has 0 unspecified atom stereocenters. The van der Waals surface area contributed by atoms with Crippen LogP contribution in [0.2, 0.25) is 0 Å². The van der Waals surface area contributed by atoms with Crippen molar-refractivity contribution in [1.29, 1.82) is 5.41 Å². The van der Waals surface area contributed by atoms with Gasteiger partial charge in [0, 0.05) is 5.56 Å². The summed E-state index contributed by atoms with van der Waals surface area (Å²) in [6.45, 7) is 0. The van der Waals surface area contributed by atoms with E-state index in [0.29, 0.717) is 11.7 Å². The minimum Gasteiger partial charge on any atom is -1.00 e. The number of aromatic nitrogens is 2. The van der Waals surface area contributed by atoms with Gasteiger partial charge in [-0.05, 0) is 12.1 Å². The molecule has 0 amide bonds. The van der Waals surface area contributed by atoms with Gasteiger partial charge in [-0.15, -0.1) is 0 Å². The summed E-state index contributed by atoms with van der Waals surface area (Å²) in [6.07, 6.45) is 0. The van der Waals surface area contributed by atoms with Gasteiger partial charge in [0.05, 0.1) is 23.7 Å². The van der Waals surface area contributed by atoms with E-state index in [9.17, 15) is 0 Å². The summed E-state index contributed by atoms with van der Waals surface area (Å²) >= 11 is 0. The molecule has 3 rings (SSSR count). The molecule has 0 bridgehead atoms. The van der Waals surface area contributed by atoms with Gasteiger partial charge in [-0.1, -0.05) is 36.4 Å². The molecule has 23 heavy (non-hydrogen) atoms. The van der Waals surface area contributed by atoms with Gasteiger partial charge in [0.1, 0.15) is 5.75 Å². The monoisotopic (exact) mass is 329 g/mol. The van der Waals surface area contributed by atoms with E-state index < -0.39 is 0 Å². The van der Waals surface area contributed by atoms with E-state index in [1.54, 1.807) is 7.11 Å². The van der Waals surface area contributed by atoms with Crippen LogP contribution in [0.4, 0.5) is 5.95 Å². The summed E-state index contributed by atoms with van der Waals surface area (Å²) in [6, 6.07) is 15.5. The number of benzene rings is 2. The summed E-state index contributed by atoms with van der Waals surface area (Å²) in [5.74, 6) is 1.04. The Balaban J connectivity index is 0.00000192. The highest BCUT2D eigenvalue weighted by atomic mass is 35.5. The molecule has 7 heteroatoms. The van der Waals surface area contributed by atoms with E-state index in [1.165, 1.54) is 5.32 Å². The van der Waals surface area contributed by atoms with Gasteiger partial charge in [0.25, 0.3) is 5.96 Å². The SMILES string of the molecule is COc1cccc2nc([NH2+]C(=N)N)nc(-c3ccccc3)c12.[Cl-]. The molecule has 0 aliphatic carbocycles. The van der Waals surface area contributed by atoms with Gasteiger partial charge in [-0.25, -0.2) is 10.7 Å². The maximum atomic E-state index is 7.41. The average Bonchev–Trinajstić information content (AvgIpc) is 2.53. The summed E-state index contributed by atoms with van der Waals surface area (Å²) in [4.78, 5) is 9.00. The number of hydrogen-bond acceptors (Lipinski definition) is 4. The number of nitrogens with one attached hydrogen (secondary N) is 1. The number of guanidine groups is 1. The van der Waals surface area contributed by atoms with Crippen molar-refractivity contribution in [2.45, 2.75) is 0 Å². The molecule has 2 aromatic carbocycles. The third-order valence-corrected chi connectivity index (χ3v) is 3.25. The first-order valence-corrected chi connectivity index (χ1v) is 6.78. The van der Waals surface area contributed by atoms with Crippen molar-refractivity contribution in [3.8, 4) is 17.0 Å². The number of nitrogens with zero attached hydrogens (tertiary/aromatic N) is 2. The summed E-state index contributed by atoms with van der Waals surface area (Å²) in [5, 5.41) is 9.69. The Kier molecular flexibility index (Phi) is 5.10. The van der Waals surface area contributed by atoms with E-state index >= 15 is 0 Å². The molecule has 6 nitrogen and oxygen atoms in total. The van der Waals surface area contributed by atoms with Crippen LogP contribution < -0.4 is 28.2 Å². The van der Waals surface area contributed by atoms with Crippen LogP contribution in [-0.2, 0) is 0 Å². The largest absolute Gasteiger partial charge is 1.00 e. The number of methoxy groups -OCH3 is 1. The third kappa shape index (κ3) is 3.39. The molecule has 3 aromatic rings. The molecular formula is C16H16ClN5O. The molecule has 0 aliphatic heterocycles. The Hall–Kier alpha value is -2.70. The zero-order chi connectivity index (χ0) is 15.5. The van der Waals surface area contributed by atoms with Crippen molar-refractivity contribution >= 4 is 22.8 Å². The molecule has 0 radical (unpaired) electrons. The predicted molar refractivity (Wildman–Crippen MR) is 85.0 cm³/mol. The number of nitrogens with two attached hydrogens (primary N) is 2. The molecule has 0 fully saturated rings. The molecule has 1 heterocycles. The molecule has 0 saturated carbocycles. The third-order valence-electron chi connectivity index (χ3n) is 3.25. The molecule has 0 spiro atoms. The lowest BCUT2D eigenvalue weighted by molar-refractivity contribution is -0.456. The maximum Gasteiger partial charge on any atom is 0.334 e. The van der Waals surface area contributed by atoms with E-state index in [1.807, 2.05) is 48.5 Å². The van der Waals surface area contributed by atoms with Gasteiger partial charge in [-0.2, -0.15) is 9.97 Å². The molecule has 5 N–H and O–H groups in total. The molecular weight excluding hydrogens is 314 g/mol. The van der Waals surface area contributed by atoms with Crippen LogP contribution in [0.1, 0.15) is 0 Å². The van der Waals surface area contributed by atoms with Crippen LogP contribution in [0.5, 0.6) is 5.75 Å². The number of quaternary nitrogens is 1. The number of ether oxygens (including phenoxy) is 1. The van der Waals surface area contributed by atoms with Gasteiger partial charge in [0.2, 0.25) is 0 Å². The second-order valence-electron chi connectivity index (χ2n) is 4.75. The maximum absolute atomic E-state index is 7.41. The van der Waals surface area contributed by atoms with Gasteiger partial charge < -0.3 is 22.9 Å². The fraction of sp³-hybridized carbons (Fsp3) is 0.0625. The number of hydrogen-bond donors (Lipinski definition) is 3. The van der Waals surface area contributed by atoms with E-state index in [4.69, 9.17) is 15.9 Å². The first-order valence-electron chi connectivity index (χ1n) is 6.78. The normalized spacial score (nSPS) is 10.1. The molecule has 0 saturated heterocycles. The second-order valence-corrected chi connectivity index (χ2v) is 4.75. The summed E-state index contributed by atoms with van der Waals surface area (Å²) in [5.41, 5.74) is 7.90. The number of halogens is 1. The van der Waals surface area contributed by atoms with Crippen LogP contribution in [-0.4, -0.2) is 23.0 Å². The fourth-order valence-corrected chi connectivity index (χ4v) is 2.35.